The van der Waals surface area contributed by atoms with Gasteiger partial charge in [0.05, 0.1) is 13.7 Å². The molecule has 0 bridgehead atoms. The van der Waals surface area contributed by atoms with E-state index in [2.05, 4.69) is 0 Å². The van der Waals surface area contributed by atoms with Gasteiger partial charge in [-0.05, 0) is 31.5 Å². The maximum absolute atomic E-state index is 13.7. The first-order chi connectivity index (χ1) is 7.40. The highest BCUT2D eigenvalue weighted by Gasteiger charge is 2.22. The number of hydrogen-bond acceptors (Lipinski definition) is 3. The van der Waals surface area contributed by atoms with Crippen molar-refractivity contribution < 1.29 is 13.9 Å². The largest absolute Gasteiger partial charge is 0.493 e. The van der Waals surface area contributed by atoms with E-state index >= 15 is 0 Å². The summed E-state index contributed by atoms with van der Waals surface area (Å²) in [6.45, 7) is 3.96. The number of benzene rings is 1. The van der Waals surface area contributed by atoms with Crippen LogP contribution in [0.2, 0.25) is 0 Å². The lowest BCUT2D eigenvalue weighted by Crippen LogP contribution is -2.29. The van der Waals surface area contributed by atoms with Crippen molar-refractivity contribution in [1.82, 2.24) is 0 Å². The van der Waals surface area contributed by atoms with Gasteiger partial charge in [0.15, 0.2) is 11.6 Å². The van der Waals surface area contributed by atoms with E-state index in [4.69, 9.17) is 15.2 Å². The number of nitrogens with two attached hydrogens (primary N) is 1. The Morgan fingerprint density at radius 1 is 1.31 bits per heavy atom. The van der Waals surface area contributed by atoms with Crippen LogP contribution in [0.3, 0.4) is 0 Å². The SMILES string of the molecule is COCc1cc(F)c(OC)c(C(C)(C)N)c1. The van der Waals surface area contributed by atoms with Crippen LogP contribution in [0.5, 0.6) is 5.75 Å². The lowest BCUT2D eigenvalue weighted by atomic mass is 9.93. The fourth-order valence-corrected chi connectivity index (χ4v) is 1.59. The van der Waals surface area contributed by atoms with E-state index in [0.29, 0.717) is 12.2 Å². The van der Waals surface area contributed by atoms with Crippen molar-refractivity contribution in [3.63, 3.8) is 0 Å². The first-order valence-electron chi connectivity index (χ1n) is 5.05. The van der Waals surface area contributed by atoms with E-state index in [1.807, 2.05) is 6.07 Å². The molecule has 3 nitrogen and oxygen atoms in total. The van der Waals surface area contributed by atoms with Gasteiger partial charge in [0.2, 0.25) is 0 Å². The molecule has 0 aliphatic rings. The highest BCUT2D eigenvalue weighted by Crippen LogP contribution is 2.31. The van der Waals surface area contributed by atoms with E-state index in [-0.39, 0.29) is 5.75 Å². The zero-order valence-electron chi connectivity index (χ0n) is 10.1. The van der Waals surface area contributed by atoms with Crippen LogP contribution in [0.25, 0.3) is 0 Å². The van der Waals surface area contributed by atoms with Crippen molar-refractivity contribution in [1.29, 1.82) is 0 Å². The summed E-state index contributed by atoms with van der Waals surface area (Å²) in [4.78, 5) is 0. The molecule has 0 aliphatic carbocycles. The maximum Gasteiger partial charge on any atom is 0.165 e. The van der Waals surface area contributed by atoms with Gasteiger partial charge >= 0.3 is 0 Å². The first-order valence-corrected chi connectivity index (χ1v) is 5.05. The normalized spacial score (nSPS) is 11.6. The molecule has 0 aromatic heterocycles. The van der Waals surface area contributed by atoms with Gasteiger partial charge in [-0.1, -0.05) is 0 Å². The van der Waals surface area contributed by atoms with Crippen LogP contribution in [0, 0.1) is 5.82 Å². The van der Waals surface area contributed by atoms with E-state index in [1.165, 1.54) is 13.2 Å². The molecule has 2 N–H and O–H groups in total. The number of halogens is 1. The number of hydrogen-bond donors (Lipinski definition) is 1. The summed E-state index contributed by atoms with van der Waals surface area (Å²) in [5.74, 6) is -0.210. The molecule has 0 saturated heterocycles. The van der Waals surface area contributed by atoms with Gasteiger partial charge in [-0.15, -0.1) is 0 Å². The van der Waals surface area contributed by atoms with Gasteiger partial charge in [0, 0.05) is 18.2 Å². The minimum atomic E-state index is -0.657. The van der Waals surface area contributed by atoms with Crippen LogP contribution in [-0.4, -0.2) is 14.2 Å². The van der Waals surface area contributed by atoms with Crippen molar-refractivity contribution in [2.75, 3.05) is 14.2 Å². The molecular weight excluding hydrogens is 209 g/mol. The second-order valence-electron chi connectivity index (χ2n) is 4.31. The van der Waals surface area contributed by atoms with E-state index in [0.717, 1.165) is 5.56 Å². The summed E-state index contributed by atoms with van der Waals surface area (Å²) < 4.78 is 23.7. The second kappa shape index (κ2) is 4.80. The Balaban J connectivity index is 3.31. The molecule has 0 heterocycles. The predicted molar refractivity (Wildman–Crippen MR) is 60.9 cm³/mol. The third-order valence-electron chi connectivity index (χ3n) is 2.31. The van der Waals surface area contributed by atoms with E-state index in [9.17, 15) is 4.39 Å². The smallest absolute Gasteiger partial charge is 0.165 e. The quantitative estimate of drug-likeness (QED) is 0.857. The lowest BCUT2D eigenvalue weighted by Gasteiger charge is -2.23. The van der Waals surface area contributed by atoms with E-state index in [1.54, 1.807) is 21.0 Å². The highest BCUT2D eigenvalue weighted by molar-refractivity contribution is 5.42. The topological polar surface area (TPSA) is 44.5 Å². The van der Waals surface area contributed by atoms with Gasteiger partial charge in [0.25, 0.3) is 0 Å². The Kier molecular flexibility index (Phi) is 3.88. The van der Waals surface area contributed by atoms with Crippen molar-refractivity contribution >= 4 is 0 Å². The number of ether oxygens (including phenoxy) is 2. The third kappa shape index (κ3) is 2.71. The highest BCUT2D eigenvalue weighted by atomic mass is 19.1. The van der Waals surface area contributed by atoms with E-state index < -0.39 is 11.4 Å². The van der Waals surface area contributed by atoms with Crippen LogP contribution in [0.1, 0.15) is 25.0 Å². The summed E-state index contributed by atoms with van der Waals surface area (Å²) in [5, 5.41) is 0. The van der Waals surface area contributed by atoms with Gasteiger partial charge in [0.1, 0.15) is 0 Å². The third-order valence-corrected chi connectivity index (χ3v) is 2.31. The van der Waals surface area contributed by atoms with Gasteiger partial charge in [-0.2, -0.15) is 0 Å². The molecule has 1 aromatic rings. The van der Waals surface area contributed by atoms with Crippen molar-refractivity contribution in [2.24, 2.45) is 5.73 Å². The molecule has 1 aromatic carbocycles. The Hall–Kier alpha value is -1.13. The summed E-state index contributed by atoms with van der Waals surface area (Å²) in [5.41, 5.74) is 6.71. The molecule has 0 radical (unpaired) electrons. The number of rotatable bonds is 4. The monoisotopic (exact) mass is 227 g/mol. The molecule has 4 heteroatoms. The van der Waals surface area contributed by atoms with Crippen molar-refractivity contribution in [2.45, 2.75) is 26.0 Å². The standard InChI is InChI=1S/C12H18FNO2/c1-12(2,14)9-5-8(7-15-3)6-10(13)11(9)16-4/h5-6H,7,14H2,1-4H3. The maximum atomic E-state index is 13.7. The summed E-state index contributed by atoms with van der Waals surface area (Å²) in [7, 11) is 3.00. The minimum absolute atomic E-state index is 0.201. The van der Waals surface area contributed by atoms with Crippen molar-refractivity contribution in [3.8, 4) is 5.75 Å². The summed E-state index contributed by atoms with van der Waals surface area (Å²) in [6.07, 6.45) is 0. The lowest BCUT2D eigenvalue weighted by molar-refractivity contribution is 0.184. The molecule has 90 valence electrons. The molecule has 1 rings (SSSR count). The second-order valence-corrected chi connectivity index (χ2v) is 4.31. The van der Waals surface area contributed by atoms with Crippen LogP contribution in [0.15, 0.2) is 12.1 Å². The fourth-order valence-electron chi connectivity index (χ4n) is 1.59. The Bertz CT molecular complexity index is 372. The Morgan fingerprint density at radius 3 is 2.38 bits per heavy atom. The Labute approximate surface area is 95.4 Å². The van der Waals surface area contributed by atoms with Crippen LogP contribution >= 0.6 is 0 Å². The molecule has 0 saturated carbocycles. The molecule has 0 atom stereocenters. The van der Waals surface area contributed by atoms with Crippen LogP contribution < -0.4 is 10.5 Å². The molecule has 16 heavy (non-hydrogen) atoms. The molecule has 0 spiro atoms. The summed E-state index contributed by atoms with van der Waals surface area (Å²) in [6, 6.07) is 3.21. The van der Waals surface area contributed by atoms with Gasteiger partial charge in [-0.25, -0.2) is 4.39 Å². The molecule has 0 amide bonds. The zero-order chi connectivity index (χ0) is 12.3. The average Bonchev–Trinajstić information content (AvgIpc) is 2.16. The van der Waals surface area contributed by atoms with Gasteiger partial charge in [-0.3, -0.25) is 0 Å². The molecule has 0 aliphatic heterocycles. The Morgan fingerprint density at radius 2 is 1.94 bits per heavy atom. The summed E-state index contributed by atoms with van der Waals surface area (Å²) >= 11 is 0. The van der Waals surface area contributed by atoms with Crippen LogP contribution in [0.4, 0.5) is 4.39 Å². The first kappa shape index (κ1) is 12.9. The zero-order valence-corrected chi connectivity index (χ0v) is 10.1. The molecular formula is C12H18FNO2. The van der Waals surface area contributed by atoms with Crippen molar-refractivity contribution in [3.05, 3.63) is 29.1 Å². The number of methoxy groups -OCH3 is 2. The average molecular weight is 227 g/mol. The fraction of sp³-hybridized carbons (Fsp3) is 0.500. The minimum Gasteiger partial charge on any atom is -0.493 e. The van der Waals surface area contributed by atoms with Crippen LogP contribution in [-0.2, 0) is 16.9 Å². The predicted octanol–water partition coefficient (Wildman–Crippen LogP) is 2.17. The molecule has 0 fully saturated rings. The van der Waals surface area contributed by atoms with Gasteiger partial charge < -0.3 is 15.2 Å². The molecule has 0 unspecified atom stereocenters.